The van der Waals surface area contributed by atoms with Crippen molar-refractivity contribution in [3.8, 4) is 11.4 Å². The van der Waals surface area contributed by atoms with Crippen LogP contribution >= 0.6 is 0 Å². The number of aryl methyl sites for hydroxylation is 5. The predicted molar refractivity (Wildman–Crippen MR) is 149 cm³/mol. The van der Waals surface area contributed by atoms with E-state index in [4.69, 9.17) is 0 Å². The van der Waals surface area contributed by atoms with Crippen LogP contribution in [0.4, 0.5) is 5.69 Å². The van der Waals surface area contributed by atoms with Crippen molar-refractivity contribution in [3.63, 3.8) is 0 Å². The van der Waals surface area contributed by atoms with E-state index in [1.807, 2.05) is 30.3 Å². The van der Waals surface area contributed by atoms with Crippen LogP contribution in [-0.4, -0.2) is 16.1 Å². The van der Waals surface area contributed by atoms with Crippen LogP contribution in [-0.2, 0) is 38.6 Å². The second kappa shape index (κ2) is 11.2. The Kier molecular flexibility index (Phi) is 7.41. The van der Waals surface area contributed by atoms with Crippen molar-refractivity contribution in [3.05, 3.63) is 130 Å². The average Bonchev–Trinajstić information content (AvgIpc) is 2.91. The Morgan fingerprint density at radius 3 is 2.33 bits per heavy atom. The van der Waals surface area contributed by atoms with Crippen molar-refractivity contribution in [1.29, 1.82) is 0 Å². The molecule has 0 amide bonds. The van der Waals surface area contributed by atoms with E-state index in [-0.39, 0.29) is 5.56 Å². The summed E-state index contributed by atoms with van der Waals surface area (Å²) in [5.41, 5.74) is 8.48. The van der Waals surface area contributed by atoms with Gasteiger partial charge in [-0.05, 0) is 66.3 Å². The van der Waals surface area contributed by atoms with E-state index in [0.29, 0.717) is 18.1 Å². The van der Waals surface area contributed by atoms with E-state index in [2.05, 4.69) is 59.3 Å². The Hall–Kier alpha value is -3.92. The molecular formula is C32H33N3O. The highest BCUT2D eigenvalue weighted by molar-refractivity contribution is 5.57. The van der Waals surface area contributed by atoms with Crippen LogP contribution < -0.4 is 10.9 Å². The first kappa shape index (κ1) is 23.8. The van der Waals surface area contributed by atoms with Gasteiger partial charge < -0.3 is 5.32 Å². The van der Waals surface area contributed by atoms with Gasteiger partial charge in [-0.2, -0.15) is 0 Å². The second-order valence-electron chi connectivity index (χ2n) is 9.52. The largest absolute Gasteiger partial charge is 0.379 e. The molecule has 182 valence electrons. The van der Waals surface area contributed by atoms with Crippen LogP contribution in [0.3, 0.4) is 0 Å². The molecule has 0 aliphatic heterocycles. The van der Waals surface area contributed by atoms with E-state index in [1.165, 1.54) is 27.8 Å². The Balaban J connectivity index is 1.27. The zero-order chi connectivity index (χ0) is 24.7. The molecule has 4 nitrogen and oxygen atoms in total. The van der Waals surface area contributed by atoms with Crippen molar-refractivity contribution < 1.29 is 0 Å². The molecule has 1 heterocycles. The summed E-state index contributed by atoms with van der Waals surface area (Å²) in [5, 5.41) is 3.35. The maximum Gasteiger partial charge on any atom is 0.277 e. The molecule has 0 saturated carbocycles. The van der Waals surface area contributed by atoms with Gasteiger partial charge in [0.15, 0.2) is 0 Å². The molecule has 0 saturated heterocycles. The molecule has 0 fully saturated rings. The molecule has 0 atom stereocenters. The summed E-state index contributed by atoms with van der Waals surface area (Å²) >= 11 is 0. The van der Waals surface area contributed by atoms with Crippen molar-refractivity contribution >= 4 is 5.69 Å². The minimum atomic E-state index is -0.0633. The van der Waals surface area contributed by atoms with Crippen LogP contribution in [0.1, 0.15) is 34.2 Å². The van der Waals surface area contributed by atoms with E-state index in [0.717, 1.165) is 50.6 Å². The first-order valence-corrected chi connectivity index (χ1v) is 12.9. The molecule has 4 bridgehead atoms. The molecule has 4 aliphatic carbocycles. The SMILES string of the molecule is C=CCn1c(-c2ccccc2)ncc(NCCCc2cc3ccc2CCc2ccc(cc2)CC3)c1=O. The monoisotopic (exact) mass is 475 g/mol. The lowest BCUT2D eigenvalue weighted by Gasteiger charge is -2.15. The fourth-order valence-corrected chi connectivity index (χ4v) is 4.98. The highest BCUT2D eigenvalue weighted by atomic mass is 16.1. The summed E-state index contributed by atoms with van der Waals surface area (Å²) in [7, 11) is 0. The van der Waals surface area contributed by atoms with Crippen LogP contribution in [0.2, 0.25) is 0 Å². The van der Waals surface area contributed by atoms with E-state index in [9.17, 15) is 4.79 Å². The van der Waals surface area contributed by atoms with Gasteiger partial charge in [0.1, 0.15) is 11.5 Å². The number of nitrogens with one attached hydrogen (secondary N) is 1. The fourth-order valence-electron chi connectivity index (χ4n) is 4.98. The van der Waals surface area contributed by atoms with Gasteiger partial charge in [0, 0.05) is 18.7 Å². The van der Waals surface area contributed by atoms with Crippen LogP contribution in [0.15, 0.2) is 96.4 Å². The maximum atomic E-state index is 13.2. The van der Waals surface area contributed by atoms with Gasteiger partial charge in [0.05, 0.1) is 6.20 Å². The average molecular weight is 476 g/mol. The normalized spacial score (nSPS) is 12.7. The molecule has 8 rings (SSSR count). The quantitative estimate of drug-likeness (QED) is 0.250. The van der Waals surface area contributed by atoms with Gasteiger partial charge in [0.25, 0.3) is 5.56 Å². The second-order valence-corrected chi connectivity index (χ2v) is 9.52. The van der Waals surface area contributed by atoms with Crippen LogP contribution in [0, 0.1) is 0 Å². The zero-order valence-corrected chi connectivity index (χ0v) is 20.7. The van der Waals surface area contributed by atoms with Gasteiger partial charge in [-0.25, -0.2) is 4.98 Å². The van der Waals surface area contributed by atoms with E-state index >= 15 is 0 Å². The number of anilines is 1. The summed E-state index contributed by atoms with van der Waals surface area (Å²) in [4.78, 5) is 17.8. The van der Waals surface area contributed by atoms with Crippen molar-refractivity contribution in [2.45, 2.75) is 45.1 Å². The lowest BCUT2D eigenvalue weighted by Crippen LogP contribution is -2.26. The number of allylic oxidation sites excluding steroid dienone is 1. The third kappa shape index (κ3) is 5.49. The number of hydrogen-bond acceptors (Lipinski definition) is 3. The summed E-state index contributed by atoms with van der Waals surface area (Å²) in [6, 6.07) is 26.0. The van der Waals surface area contributed by atoms with E-state index in [1.54, 1.807) is 16.8 Å². The Morgan fingerprint density at radius 2 is 1.58 bits per heavy atom. The molecule has 4 heteroatoms. The standard InChI is InChI=1S/C32H33N3O/c1-2-21-35-31(28-7-4-3-5-8-28)34-23-30(32(35)36)33-20-6-9-29-22-26-15-14-24-10-12-25(13-11-24)16-18-27(29)19-17-26/h2-5,7-8,10-13,17,19,22-23,33H,1,6,9,14-16,18,20-21H2. The smallest absolute Gasteiger partial charge is 0.277 e. The highest BCUT2D eigenvalue weighted by Gasteiger charge is 2.12. The summed E-state index contributed by atoms with van der Waals surface area (Å²) in [5.74, 6) is 0.662. The lowest BCUT2D eigenvalue weighted by molar-refractivity contribution is 0.763. The Morgan fingerprint density at radius 1 is 0.889 bits per heavy atom. The number of rotatable bonds is 8. The summed E-state index contributed by atoms with van der Waals surface area (Å²) in [6.07, 6.45) is 9.60. The Labute approximate surface area is 213 Å². The molecule has 4 aromatic rings. The molecular weight excluding hydrogens is 442 g/mol. The molecule has 0 spiro atoms. The Bertz CT molecular complexity index is 1390. The van der Waals surface area contributed by atoms with Crippen molar-refractivity contribution in [2.24, 2.45) is 0 Å². The summed E-state index contributed by atoms with van der Waals surface area (Å²) in [6.45, 7) is 4.97. The third-order valence-corrected chi connectivity index (χ3v) is 7.01. The van der Waals surface area contributed by atoms with Gasteiger partial charge in [-0.3, -0.25) is 9.36 Å². The first-order chi connectivity index (χ1) is 17.7. The van der Waals surface area contributed by atoms with Gasteiger partial charge in [-0.15, -0.1) is 6.58 Å². The minimum absolute atomic E-state index is 0.0633. The highest BCUT2D eigenvalue weighted by Crippen LogP contribution is 2.21. The van der Waals surface area contributed by atoms with Crippen LogP contribution in [0.25, 0.3) is 11.4 Å². The molecule has 0 radical (unpaired) electrons. The first-order valence-electron chi connectivity index (χ1n) is 12.9. The fraction of sp³-hybridized carbons (Fsp3) is 0.250. The molecule has 4 aliphatic rings. The third-order valence-electron chi connectivity index (χ3n) is 7.01. The zero-order valence-electron chi connectivity index (χ0n) is 20.7. The molecule has 3 aromatic carbocycles. The topological polar surface area (TPSA) is 46.9 Å². The van der Waals surface area contributed by atoms with Gasteiger partial charge in [0.2, 0.25) is 0 Å². The molecule has 0 unspecified atom stereocenters. The molecule has 1 aromatic heterocycles. The molecule has 36 heavy (non-hydrogen) atoms. The number of aromatic nitrogens is 2. The lowest BCUT2D eigenvalue weighted by atomic mass is 9.92. The summed E-state index contributed by atoms with van der Waals surface area (Å²) < 4.78 is 1.68. The van der Waals surface area contributed by atoms with Crippen molar-refractivity contribution in [1.82, 2.24) is 9.55 Å². The molecule has 1 N–H and O–H groups in total. The van der Waals surface area contributed by atoms with Gasteiger partial charge >= 0.3 is 0 Å². The van der Waals surface area contributed by atoms with Gasteiger partial charge in [-0.1, -0.05) is 78.9 Å². The maximum absolute atomic E-state index is 13.2. The minimum Gasteiger partial charge on any atom is -0.379 e. The van der Waals surface area contributed by atoms with Crippen molar-refractivity contribution in [2.75, 3.05) is 11.9 Å². The number of nitrogens with zero attached hydrogens (tertiary/aromatic N) is 2. The van der Waals surface area contributed by atoms with Crippen LogP contribution in [0.5, 0.6) is 0 Å². The number of hydrogen-bond donors (Lipinski definition) is 1. The number of benzene rings is 3. The predicted octanol–water partition coefficient (Wildman–Crippen LogP) is 6.02. The van der Waals surface area contributed by atoms with E-state index < -0.39 is 0 Å².